The summed E-state index contributed by atoms with van der Waals surface area (Å²) in [6.07, 6.45) is 0. The maximum absolute atomic E-state index is 14.7. The fraction of sp³-hybridized carbons (Fsp3) is 0.0435. The third-order valence-corrected chi connectivity index (χ3v) is 5.03. The summed E-state index contributed by atoms with van der Waals surface area (Å²) in [6, 6.07) is 17.6. The first kappa shape index (κ1) is 20.0. The third-order valence-electron chi connectivity index (χ3n) is 5.03. The van der Waals surface area contributed by atoms with E-state index in [1.807, 2.05) is 0 Å². The summed E-state index contributed by atoms with van der Waals surface area (Å²) in [6.45, 7) is 0. The molecule has 1 heterocycles. The summed E-state index contributed by atoms with van der Waals surface area (Å²) in [5, 5.41) is 21.8. The Morgan fingerprint density at radius 1 is 0.935 bits per heavy atom. The monoisotopic (exact) mass is 418 g/mol. The molecule has 1 amide bonds. The first-order chi connectivity index (χ1) is 14.9. The van der Waals surface area contributed by atoms with Crippen molar-refractivity contribution in [1.29, 1.82) is 0 Å². The number of nitrogens with zero attached hydrogens (tertiary/aromatic N) is 2. The summed E-state index contributed by atoms with van der Waals surface area (Å²) in [4.78, 5) is 37.3. The van der Waals surface area contributed by atoms with Crippen LogP contribution in [0, 0.1) is 15.9 Å². The van der Waals surface area contributed by atoms with E-state index in [0.717, 1.165) is 4.90 Å². The van der Waals surface area contributed by atoms with Gasteiger partial charge in [-0.3, -0.25) is 24.6 Å². The standard InChI is InChI=1S/C23H15FN2O5/c24-18-9-5-4-8-17(18)20-19(21(27)14-10-12-16(13-11-14)26(30)31)22(28)23(29)25(20)15-6-2-1-3-7-15/h1-13,20,27H/b21-19+/t20-/m1/s1. The summed E-state index contributed by atoms with van der Waals surface area (Å²) in [5.74, 6) is -3.08. The second kappa shape index (κ2) is 7.83. The van der Waals surface area contributed by atoms with Crippen LogP contribution in [0.25, 0.3) is 5.76 Å². The van der Waals surface area contributed by atoms with Crippen LogP contribution in [-0.4, -0.2) is 21.7 Å². The second-order valence-electron chi connectivity index (χ2n) is 6.83. The number of non-ortho nitro benzene ring substituents is 1. The Morgan fingerprint density at radius 3 is 2.16 bits per heavy atom. The maximum Gasteiger partial charge on any atom is 0.300 e. The molecule has 4 rings (SSSR count). The van der Waals surface area contributed by atoms with E-state index in [-0.39, 0.29) is 22.4 Å². The number of benzene rings is 3. The van der Waals surface area contributed by atoms with Crippen LogP contribution in [0.3, 0.4) is 0 Å². The molecule has 8 heteroatoms. The highest BCUT2D eigenvalue weighted by atomic mass is 19.1. The lowest BCUT2D eigenvalue weighted by Gasteiger charge is -2.25. The molecule has 7 nitrogen and oxygen atoms in total. The van der Waals surface area contributed by atoms with Crippen molar-refractivity contribution >= 4 is 28.8 Å². The van der Waals surface area contributed by atoms with Gasteiger partial charge < -0.3 is 5.11 Å². The quantitative estimate of drug-likeness (QED) is 0.223. The van der Waals surface area contributed by atoms with E-state index in [1.54, 1.807) is 36.4 Å². The van der Waals surface area contributed by atoms with Crippen LogP contribution in [0.5, 0.6) is 0 Å². The minimum absolute atomic E-state index is 0.0361. The first-order valence-corrected chi connectivity index (χ1v) is 9.25. The Hall–Kier alpha value is -4.33. The lowest BCUT2D eigenvalue weighted by atomic mass is 9.94. The van der Waals surface area contributed by atoms with Crippen molar-refractivity contribution in [3.05, 3.63) is 111 Å². The molecular weight excluding hydrogens is 403 g/mol. The van der Waals surface area contributed by atoms with Gasteiger partial charge in [-0.05, 0) is 30.3 Å². The molecule has 1 saturated heterocycles. The van der Waals surface area contributed by atoms with Crippen molar-refractivity contribution in [1.82, 2.24) is 0 Å². The van der Waals surface area contributed by atoms with Crippen LogP contribution in [0.4, 0.5) is 15.8 Å². The van der Waals surface area contributed by atoms with E-state index in [9.17, 15) is 29.2 Å². The molecular formula is C23H15FN2O5. The number of amides is 1. The van der Waals surface area contributed by atoms with E-state index in [2.05, 4.69) is 0 Å². The molecule has 0 unspecified atom stereocenters. The molecule has 31 heavy (non-hydrogen) atoms. The smallest absolute Gasteiger partial charge is 0.300 e. The highest BCUT2D eigenvalue weighted by Crippen LogP contribution is 2.42. The van der Waals surface area contributed by atoms with Crippen molar-refractivity contribution in [2.24, 2.45) is 0 Å². The molecule has 0 radical (unpaired) electrons. The normalized spacial score (nSPS) is 17.7. The van der Waals surface area contributed by atoms with Crippen LogP contribution in [0.2, 0.25) is 0 Å². The largest absolute Gasteiger partial charge is 0.507 e. The number of carbonyl (C=O) groups excluding carboxylic acids is 2. The average molecular weight is 418 g/mol. The summed E-state index contributed by atoms with van der Waals surface area (Å²) in [7, 11) is 0. The number of halogens is 1. The number of Topliss-reactive ketones (excluding diaryl/α,β-unsaturated/α-hetero) is 1. The van der Waals surface area contributed by atoms with Gasteiger partial charge in [0.25, 0.3) is 17.4 Å². The van der Waals surface area contributed by atoms with Gasteiger partial charge in [0.1, 0.15) is 11.6 Å². The number of anilines is 1. The zero-order chi connectivity index (χ0) is 22.1. The highest BCUT2D eigenvalue weighted by Gasteiger charge is 2.47. The lowest BCUT2D eigenvalue weighted by Crippen LogP contribution is -2.29. The molecule has 0 bridgehead atoms. The molecule has 1 atom stereocenters. The average Bonchev–Trinajstić information content (AvgIpc) is 3.04. The number of para-hydroxylation sites is 1. The number of nitro benzene ring substituents is 1. The van der Waals surface area contributed by atoms with Crippen molar-refractivity contribution in [2.45, 2.75) is 6.04 Å². The SMILES string of the molecule is O=C1C(=O)N(c2ccccc2)[C@H](c2ccccc2F)/C1=C(\O)c1ccc([N+](=O)[O-])cc1. The van der Waals surface area contributed by atoms with E-state index < -0.39 is 34.2 Å². The molecule has 1 aliphatic heterocycles. The van der Waals surface area contributed by atoms with Gasteiger partial charge in [0.05, 0.1) is 16.5 Å². The van der Waals surface area contributed by atoms with Gasteiger partial charge in [-0.1, -0.05) is 36.4 Å². The van der Waals surface area contributed by atoms with Crippen molar-refractivity contribution < 1.29 is 24.0 Å². The van der Waals surface area contributed by atoms with Gasteiger partial charge in [0, 0.05) is 28.9 Å². The Balaban J connectivity index is 1.93. The van der Waals surface area contributed by atoms with E-state index in [1.165, 1.54) is 42.5 Å². The van der Waals surface area contributed by atoms with Gasteiger partial charge in [-0.25, -0.2) is 4.39 Å². The molecule has 3 aromatic rings. The van der Waals surface area contributed by atoms with Crippen molar-refractivity contribution in [3.63, 3.8) is 0 Å². The zero-order valence-electron chi connectivity index (χ0n) is 15.9. The summed E-state index contributed by atoms with van der Waals surface area (Å²) < 4.78 is 14.7. The molecule has 1 fully saturated rings. The number of carbonyl (C=O) groups is 2. The number of hydrogen-bond acceptors (Lipinski definition) is 5. The Morgan fingerprint density at radius 2 is 1.55 bits per heavy atom. The van der Waals surface area contributed by atoms with E-state index in [4.69, 9.17) is 0 Å². The minimum atomic E-state index is -1.21. The molecule has 0 aliphatic carbocycles. The summed E-state index contributed by atoms with van der Waals surface area (Å²) >= 11 is 0. The Bertz CT molecular complexity index is 1220. The molecule has 1 aliphatic rings. The number of aliphatic hydroxyl groups excluding tert-OH is 1. The maximum atomic E-state index is 14.7. The van der Waals surface area contributed by atoms with Crippen LogP contribution in [0.15, 0.2) is 84.4 Å². The number of ketones is 1. The van der Waals surface area contributed by atoms with Crippen molar-refractivity contribution in [3.8, 4) is 0 Å². The van der Waals surface area contributed by atoms with Crippen LogP contribution < -0.4 is 4.90 Å². The topological polar surface area (TPSA) is 101 Å². The molecule has 1 N–H and O–H groups in total. The molecule has 0 aromatic heterocycles. The number of nitro groups is 1. The predicted octanol–water partition coefficient (Wildman–Crippen LogP) is 4.36. The van der Waals surface area contributed by atoms with E-state index in [0.29, 0.717) is 5.69 Å². The van der Waals surface area contributed by atoms with Crippen molar-refractivity contribution in [2.75, 3.05) is 4.90 Å². The molecule has 154 valence electrons. The Labute approximate surface area is 175 Å². The zero-order valence-corrected chi connectivity index (χ0v) is 15.9. The predicted molar refractivity (Wildman–Crippen MR) is 111 cm³/mol. The van der Waals surface area contributed by atoms with Gasteiger partial charge in [-0.15, -0.1) is 0 Å². The van der Waals surface area contributed by atoms with Gasteiger partial charge in [0.15, 0.2) is 0 Å². The first-order valence-electron chi connectivity index (χ1n) is 9.25. The second-order valence-corrected chi connectivity index (χ2v) is 6.83. The minimum Gasteiger partial charge on any atom is -0.507 e. The van der Waals surface area contributed by atoms with Crippen LogP contribution >= 0.6 is 0 Å². The number of hydrogen-bond donors (Lipinski definition) is 1. The fourth-order valence-corrected chi connectivity index (χ4v) is 3.58. The number of rotatable bonds is 4. The molecule has 0 saturated carbocycles. The van der Waals surface area contributed by atoms with Gasteiger partial charge in [-0.2, -0.15) is 0 Å². The molecule has 3 aromatic carbocycles. The van der Waals surface area contributed by atoms with Crippen LogP contribution in [-0.2, 0) is 9.59 Å². The van der Waals surface area contributed by atoms with Gasteiger partial charge in [0.2, 0.25) is 0 Å². The fourth-order valence-electron chi connectivity index (χ4n) is 3.58. The highest BCUT2D eigenvalue weighted by molar-refractivity contribution is 6.51. The Kier molecular flexibility index (Phi) is 5.04. The third kappa shape index (κ3) is 3.44. The van der Waals surface area contributed by atoms with Crippen LogP contribution in [0.1, 0.15) is 17.2 Å². The lowest BCUT2D eigenvalue weighted by molar-refractivity contribution is -0.384. The number of aliphatic hydroxyl groups is 1. The molecule has 0 spiro atoms. The summed E-state index contributed by atoms with van der Waals surface area (Å²) in [5.41, 5.74) is -0.00707. The van der Waals surface area contributed by atoms with Gasteiger partial charge >= 0.3 is 0 Å². The van der Waals surface area contributed by atoms with E-state index >= 15 is 0 Å².